The van der Waals surface area contributed by atoms with Crippen LogP contribution in [0.3, 0.4) is 0 Å². The summed E-state index contributed by atoms with van der Waals surface area (Å²) in [5, 5.41) is 14.1. The zero-order chi connectivity index (χ0) is 8.27. The van der Waals surface area contributed by atoms with Gasteiger partial charge in [-0.25, -0.2) is 0 Å². The molecule has 1 atom stereocenters. The Bertz CT molecular complexity index is 231. The van der Waals surface area contributed by atoms with Gasteiger partial charge in [0.05, 0.1) is 0 Å². The van der Waals surface area contributed by atoms with Crippen LogP contribution in [0.4, 0.5) is 0 Å². The minimum atomic E-state index is -1.04. The zero-order valence-electron chi connectivity index (χ0n) is 6.23. The van der Waals surface area contributed by atoms with E-state index in [-0.39, 0.29) is 0 Å². The van der Waals surface area contributed by atoms with Gasteiger partial charge in [0.15, 0.2) is 0 Å². The van der Waals surface area contributed by atoms with Crippen molar-refractivity contribution < 1.29 is 9.90 Å². The van der Waals surface area contributed by atoms with E-state index < -0.39 is 11.9 Å². The summed E-state index contributed by atoms with van der Waals surface area (Å²) >= 11 is 0. The number of hydrogen-bond acceptors (Lipinski definition) is 3. The molecule has 4 heteroatoms. The number of carbonyl (C=O) groups excluding carboxylic acids is 1. The van der Waals surface area contributed by atoms with Crippen molar-refractivity contribution in [1.82, 2.24) is 9.78 Å². The molecule has 0 aliphatic heterocycles. The van der Waals surface area contributed by atoms with E-state index in [0.717, 1.165) is 0 Å². The Morgan fingerprint density at radius 3 is 3.00 bits per heavy atom. The van der Waals surface area contributed by atoms with E-state index in [1.807, 2.05) is 0 Å². The standard InChI is InChI=1S/C7H10N2O2/c1-6(7(10)11)5-9-4-2-3-8-9/h2-4,6H,5H2,1H3,(H,10,11)/p-1/t6-/m0/s1. The second-order valence-electron chi connectivity index (χ2n) is 2.45. The highest BCUT2D eigenvalue weighted by molar-refractivity contribution is 5.66. The number of aliphatic carboxylic acids is 1. The first-order chi connectivity index (χ1) is 5.20. The van der Waals surface area contributed by atoms with Crippen molar-refractivity contribution in [3.05, 3.63) is 18.5 Å². The molecular formula is C7H9N2O2-. The van der Waals surface area contributed by atoms with Gasteiger partial charge in [-0.1, -0.05) is 6.92 Å². The molecular weight excluding hydrogens is 144 g/mol. The van der Waals surface area contributed by atoms with Gasteiger partial charge < -0.3 is 9.90 Å². The first kappa shape index (κ1) is 7.78. The van der Waals surface area contributed by atoms with Crippen LogP contribution in [0.2, 0.25) is 0 Å². The smallest absolute Gasteiger partial charge is 0.0489 e. The number of hydrogen-bond donors (Lipinski definition) is 0. The third-order valence-electron chi connectivity index (χ3n) is 1.42. The Kier molecular flexibility index (Phi) is 2.25. The minimum absolute atomic E-state index is 0.370. The molecule has 0 spiro atoms. The van der Waals surface area contributed by atoms with Gasteiger partial charge in [0.1, 0.15) is 0 Å². The molecule has 0 aromatic carbocycles. The summed E-state index contributed by atoms with van der Waals surface area (Å²) in [6.07, 6.45) is 3.33. The van der Waals surface area contributed by atoms with E-state index in [2.05, 4.69) is 5.10 Å². The first-order valence-electron chi connectivity index (χ1n) is 3.38. The highest BCUT2D eigenvalue weighted by atomic mass is 16.4. The van der Waals surface area contributed by atoms with Crippen LogP contribution in [0.25, 0.3) is 0 Å². The Hall–Kier alpha value is -1.32. The van der Waals surface area contributed by atoms with Crippen molar-refractivity contribution in [2.75, 3.05) is 0 Å². The molecule has 4 nitrogen and oxygen atoms in total. The predicted molar refractivity (Wildman–Crippen MR) is 36.4 cm³/mol. The van der Waals surface area contributed by atoms with Gasteiger partial charge >= 0.3 is 0 Å². The number of carboxylic acid groups (broad SMARTS) is 1. The molecule has 0 aliphatic carbocycles. The van der Waals surface area contributed by atoms with Gasteiger partial charge in [-0.15, -0.1) is 0 Å². The SMILES string of the molecule is C[C@@H](Cn1cccn1)C(=O)[O-]. The zero-order valence-corrected chi connectivity index (χ0v) is 6.23. The summed E-state index contributed by atoms with van der Waals surface area (Å²) in [6, 6.07) is 1.75. The average Bonchev–Trinajstić information content (AvgIpc) is 2.39. The van der Waals surface area contributed by atoms with Crippen molar-refractivity contribution in [1.29, 1.82) is 0 Å². The molecule has 0 N–H and O–H groups in total. The third-order valence-corrected chi connectivity index (χ3v) is 1.42. The molecule has 0 amide bonds. The molecule has 1 rings (SSSR count). The second-order valence-corrected chi connectivity index (χ2v) is 2.45. The molecule has 11 heavy (non-hydrogen) atoms. The van der Waals surface area contributed by atoms with E-state index in [9.17, 15) is 9.90 Å². The van der Waals surface area contributed by atoms with E-state index in [1.165, 1.54) is 0 Å². The first-order valence-corrected chi connectivity index (χ1v) is 3.38. The molecule has 0 radical (unpaired) electrons. The van der Waals surface area contributed by atoms with E-state index >= 15 is 0 Å². The van der Waals surface area contributed by atoms with E-state index in [1.54, 1.807) is 30.1 Å². The van der Waals surface area contributed by atoms with Crippen LogP contribution in [0.15, 0.2) is 18.5 Å². The number of nitrogens with zero attached hydrogens (tertiary/aromatic N) is 2. The summed E-state index contributed by atoms with van der Waals surface area (Å²) in [6.45, 7) is 1.96. The maximum atomic E-state index is 10.3. The van der Waals surface area contributed by atoms with Crippen molar-refractivity contribution in [3.8, 4) is 0 Å². The van der Waals surface area contributed by atoms with Gasteiger partial charge in [0, 0.05) is 30.8 Å². The number of carbonyl (C=O) groups is 1. The van der Waals surface area contributed by atoms with Gasteiger partial charge in [-0.3, -0.25) is 4.68 Å². The Balaban J connectivity index is 2.50. The molecule has 1 aromatic heterocycles. The van der Waals surface area contributed by atoms with Crippen LogP contribution in [-0.2, 0) is 11.3 Å². The minimum Gasteiger partial charge on any atom is -0.550 e. The van der Waals surface area contributed by atoms with Crippen molar-refractivity contribution >= 4 is 5.97 Å². The Labute approximate surface area is 64.5 Å². The van der Waals surface area contributed by atoms with Crippen LogP contribution in [0.1, 0.15) is 6.92 Å². The molecule has 0 bridgehead atoms. The molecule has 60 valence electrons. The molecule has 1 heterocycles. The van der Waals surface area contributed by atoms with Gasteiger partial charge in [-0.2, -0.15) is 5.10 Å². The summed E-state index contributed by atoms with van der Waals surface area (Å²) in [7, 11) is 0. The van der Waals surface area contributed by atoms with Crippen molar-refractivity contribution in [3.63, 3.8) is 0 Å². The second kappa shape index (κ2) is 3.18. The third kappa shape index (κ3) is 2.07. The molecule has 0 unspecified atom stereocenters. The number of rotatable bonds is 3. The topological polar surface area (TPSA) is 58.0 Å². The fraction of sp³-hybridized carbons (Fsp3) is 0.429. The van der Waals surface area contributed by atoms with Crippen LogP contribution in [-0.4, -0.2) is 15.7 Å². The maximum absolute atomic E-state index is 10.3. The summed E-state index contributed by atoms with van der Waals surface area (Å²) in [5.41, 5.74) is 0. The van der Waals surface area contributed by atoms with Crippen LogP contribution >= 0.6 is 0 Å². The average molecular weight is 153 g/mol. The van der Waals surface area contributed by atoms with Crippen LogP contribution in [0.5, 0.6) is 0 Å². The molecule has 0 aliphatic rings. The summed E-state index contributed by atoms with van der Waals surface area (Å²) < 4.78 is 1.57. The lowest BCUT2D eigenvalue weighted by Crippen LogP contribution is -2.32. The highest BCUT2D eigenvalue weighted by Crippen LogP contribution is 1.96. The molecule has 0 fully saturated rings. The monoisotopic (exact) mass is 153 g/mol. The van der Waals surface area contributed by atoms with Crippen molar-refractivity contribution in [2.24, 2.45) is 5.92 Å². The van der Waals surface area contributed by atoms with Gasteiger partial charge in [0.2, 0.25) is 0 Å². The maximum Gasteiger partial charge on any atom is 0.0489 e. The normalized spacial score (nSPS) is 12.8. The van der Waals surface area contributed by atoms with E-state index in [0.29, 0.717) is 6.54 Å². The number of carboxylic acids is 1. The summed E-state index contributed by atoms with van der Waals surface area (Å²) in [4.78, 5) is 10.3. The van der Waals surface area contributed by atoms with Gasteiger partial charge in [0.25, 0.3) is 0 Å². The molecule has 0 saturated heterocycles. The Morgan fingerprint density at radius 2 is 2.55 bits per heavy atom. The fourth-order valence-corrected chi connectivity index (χ4v) is 0.764. The lowest BCUT2D eigenvalue weighted by Gasteiger charge is -2.11. The van der Waals surface area contributed by atoms with E-state index in [4.69, 9.17) is 0 Å². The predicted octanol–water partition coefficient (Wildman–Crippen LogP) is -0.731. The lowest BCUT2D eigenvalue weighted by molar-refractivity contribution is -0.311. The fourth-order valence-electron chi connectivity index (χ4n) is 0.764. The Morgan fingerprint density at radius 1 is 1.82 bits per heavy atom. The van der Waals surface area contributed by atoms with Crippen molar-refractivity contribution in [2.45, 2.75) is 13.5 Å². The lowest BCUT2D eigenvalue weighted by atomic mass is 10.2. The molecule has 1 aromatic rings. The highest BCUT2D eigenvalue weighted by Gasteiger charge is 2.02. The largest absolute Gasteiger partial charge is 0.550 e. The molecule has 0 saturated carbocycles. The quantitative estimate of drug-likeness (QED) is 0.575. The van der Waals surface area contributed by atoms with Gasteiger partial charge in [-0.05, 0) is 6.07 Å². The summed E-state index contributed by atoms with van der Waals surface area (Å²) in [5.74, 6) is -1.53. The van der Waals surface area contributed by atoms with Crippen LogP contribution < -0.4 is 5.11 Å². The van der Waals surface area contributed by atoms with Crippen LogP contribution in [0, 0.1) is 5.92 Å². The number of aromatic nitrogens is 2.